The second-order valence-electron chi connectivity index (χ2n) is 20.5. The molecule has 0 spiro atoms. The van der Waals surface area contributed by atoms with Gasteiger partial charge in [0.25, 0.3) is 0 Å². The van der Waals surface area contributed by atoms with Crippen LogP contribution in [0.4, 0.5) is 0 Å². The molecule has 9 rings (SSSR count). The van der Waals surface area contributed by atoms with Crippen LogP contribution in [0.3, 0.4) is 0 Å². The highest BCUT2D eigenvalue weighted by atomic mass is 16.8. The van der Waals surface area contributed by atoms with Crippen LogP contribution in [0.5, 0.6) is 23.0 Å². The first kappa shape index (κ1) is 62.4. The summed E-state index contributed by atoms with van der Waals surface area (Å²) in [5.41, 5.74) is -1.52. The monoisotopic (exact) mass is 1190 g/mol. The number of phenolic OH excluding ortho intramolecular Hbond substituents is 2. The van der Waals surface area contributed by atoms with Gasteiger partial charge in [0.05, 0.1) is 25.4 Å². The van der Waals surface area contributed by atoms with E-state index in [1.807, 2.05) is 0 Å². The summed E-state index contributed by atoms with van der Waals surface area (Å²) >= 11 is 0. The highest BCUT2D eigenvalue weighted by Crippen LogP contribution is 2.41. The molecule has 34 nitrogen and oxygen atoms in total. The molecule has 0 bridgehead atoms. The summed E-state index contributed by atoms with van der Waals surface area (Å²) in [5.74, 6) is -6.75. The number of aromatic hydroxyl groups is 2. The van der Waals surface area contributed by atoms with Crippen molar-refractivity contribution in [1.82, 2.24) is 0 Å². The van der Waals surface area contributed by atoms with Gasteiger partial charge < -0.3 is 153 Å². The van der Waals surface area contributed by atoms with Crippen molar-refractivity contribution in [3.8, 4) is 34.3 Å². The molecular weight excluding hydrogens is 1130 g/mol. The fourth-order valence-electron chi connectivity index (χ4n) is 10.00. The third kappa shape index (κ3) is 12.5. The Bertz CT molecular complexity index is 2820. The topological polar surface area (TPSA) is 539 Å². The van der Waals surface area contributed by atoms with Crippen LogP contribution in [-0.2, 0) is 57.0 Å². The number of aliphatic hydroxyl groups is 14. The number of hydrogen-bond acceptors (Lipinski definition) is 32. The van der Waals surface area contributed by atoms with Crippen LogP contribution in [0.2, 0.25) is 0 Å². The van der Waals surface area contributed by atoms with Gasteiger partial charge in [-0.05, 0) is 32.0 Å². The second-order valence-corrected chi connectivity index (χ2v) is 20.5. The number of fused-ring (bicyclic) bond motifs is 1. The van der Waals surface area contributed by atoms with Crippen molar-refractivity contribution in [2.75, 3.05) is 13.2 Å². The molecule has 462 valence electrons. The second kappa shape index (κ2) is 25.0. The minimum absolute atomic E-state index is 0.124. The number of carboxylic acids is 2. The molecule has 6 aliphatic heterocycles. The molecule has 0 radical (unpaired) electrons. The molecular formula is C49H62O34. The third-order valence-corrected chi connectivity index (χ3v) is 14.7. The number of carbonyl (C=O) groups is 2. The number of carboxylic acid groups (broad SMARTS) is 2. The lowest BCUT2D eigenvalue weighted by Gasteiger charge is -2.47. The van der Waals surface area contributed by atoms with Gasteiger partial charge in [0.15, 0.2) is 66.5 Å². The SMILES string of the molecule is C[C@@H]1O[C@@H](O[C@H]2[C@H](Oc3cc(O)c4c(=O)cc(-c5ccc(O[C@@H]6O[C@H](C(=O)O)[C@@H](O)[C@H](O[C@@H]7OC[C@@H](O)[C@H](O)[C@H]7O)[C@H]6O[C@H]6O[C@H](C)[C@@H](O)[C@H](O)[C@@H]6O)c(O)c5)oc4c3)O[C@H](C(=O)O)[C@@H](O)[C@@H]2O[C@@H]2OC[C@H](O)[C@H](O)[C@H]2O)[C@H](O)[C@H](O)[C@H]1O. The fraction of sp³-hybridized carbons (Fsp3) is 0.653. The lowest BCUT2D eigenvalue weighted by molar-refractivity contribution is -0.374. The Labute approximate surface area is 464 Å². The largest absolute Gasteiger partial charge is 0.507 e. The molecule has 2 aromatic carbocycles. The maximum Gasteiger partial charge on any atom is 0.335 e. The van der Waals surface area contributed by atoms with Gasteiger partial charge in [0.2, 0.25) is 12.6 Å². The zero-order chi connectivity index (χ0) is 60.4. The average molecular weight is 1200 g/mol. The van der Waals surface area contributed by atoms with Crippen LogP contribution in [0.25, 0.3) is 22.3 Å². The fourth-order valence-corrected chi connectivity index (χ4v) is 10.00. The molecule has 1 aromatic heterocycles. The summed E-state index contributed by atoms with van der Waals surface area (Å²) in [7, 11) is 0. The Morgan fingerprint density at radius 2 is 0.916 bits per heavy atom. The van der Waals surface area contributed by atoms with E-state index in [1.165, 1.54) is 19.9 Å². The minimum Gasteiger partial charge on any atom is -0.507 e. The smallest absolute Gasteiger partial charge is 0.335 e. The highest BCUT2D eigenvalue weighted by molar-refractivity contribution is 5.86. The molecule has 0 aliphatic carbocycles. The first-order valence-corrected chi connectivity index (χ1v) is 25.6. The van der Waals surface area contributed by atoms with Gasteiger partial charge in [-0.2, -0.15) is 0 Å². The van der Waals surface area contributed by atoms with Crippen LogP contribution >= 0.6 is 0 Å². The third-order valence-electron chi connectivity index (χ3n) is 14.7. The van der Waals surface area contributed by atoms with Crippen molar-refractivity contribution in [2.24, 2.45) is 0 Å². The van der Waals surface area contributed by atoms with Crippen molar-refractivity contribution < 1.29 is 163 Å². The molecule has 3 aromatic rings. The van der Waals surface area contributed by atoms with E-state index in [2.05, 4.69) is 0 Å². The Kier molecular flexibility index (Phi) is 18.8. The number of rotatable bonds is 15. The van der Waals surface area contributed by atoms with E-state index in [0.29, 0.717) is 0 Å². The quantitative estimate of drug-likeness (QED) is 0.0672. The molecule has 6 aliphatic rings. The predicted octanol–water partition coefficient (Wildman–Crippen LogP) is -7.96. The molecule has 34 heteroatoms. The Hall–Kier alpha value is -5.17. The van der Waals surface area contributed by atoms with Gasteiger partial charge in [0, 0.05) is 23.8 Å². The van der Waals surface area contributed by atoms with Crippen molar-refractivity contribution in [2.45, 2.75) is 186 Å². The molecule has 18 N–H and O–H groups in total. The maximum atomic E-state index is 13.7. The Balaban J connectivity index is 1.02. The van der Waals surface area contributed by atoms with Gasteiger partial charge in [-0.15, -0.1) is 0 Å². The Morgan fingerprint density at radius 1 is 0.470 bits per heavy atom. The van der Waals surface area contributed by atoms with Gasteiger partial charge in [-0.1, -0.05) is 0 Å². The van der Waals surface area contributed by atoms with Gasteiger partial charge in [-0.3, -0.25) is 4.79 Å². The molecule has 83 heavy (non-hydrogen) atoms. The van der Waals surface area contributed by atoms with Crippen molar-refractivity contribution in [3.05, 3.63) is 46.6 Å². The van der Waals surface area contributed by atoms with E-state index < -0.39 is 237 Å². The summed E-state index contributed by atoms with van der Waals surface area (Å²) in [4.78, 5) is 38.8. The Morgan fingerprint density at radius 3 is 1.37 bits per heavy atom. The first-order valence-electron chi connectivity index (χ1n) is 25.6. The van der Waals surface area contributed by atoms with Crippen LogP contribution in [0.1, 0.15) is 13.8 Å². The summed E-state index contributed by atoms with van der Waals surface area (Å²) in [6.07, 6.45) is -54.1. The van der Waals surface area contributed by atoms with E-state index in [0.717, 1.165) is 30.3 Å². The molecule has 6 fully saturated rings. The summed E-state index contributed by atoms with van der Waals surface area (Å²) in [5, 5.41) is 191. The average Bonchev–Trinajstić information content (AvgIpc) is 3.64. The lowest BCUT2D eigenvalue weighted by Crippen LogP contribution is -2.67. The number of hydrogen-bond donors (Lipinski definition) is 18. The zero-order valence-corrected chi connectivity index (χ0v) is 43.1. The van der Waals surface area contributed by atoms with Crippen molar-refractivity contribution >= 4 is 22.9 Å². The standard InChI is InChI=1S/C49H62O34/c1-11-24(55)28(59)32(63)46(73-11)82-40-36(78-44-30(61)26(57)18(53)9-71-44)34(65)38(42(67)68)80-48(40)75-14-6-16(51)23-17(52)8-21(76-22(23)7-14)13-3-4-20(15(50)5-13)77-49-41(83-47-33(64)29(60)25(56)12(2)74-47)37(35(66)39(81-49)43(69)70)79-45-31(62)27(58)19(54)10-72-45/h3-8,11-12,18-19,24-41,44-51,53-66H,9-10H2,1-2H3,(H,67,68)(H,69,70)/t11-,12+,18-,19+,24-,25+,26-,27-,28+,29-,30+,31+,32+,33-,34-,35-,36-,37-,38-,39-,40+,41+,44-,45-,46-,47+,48+,49+/m0/s1. The summed E-state index contributed by atoms with van der Waals surface area (Å²) in [6.45, 7) is 1.31. The van der Waals surface area contributed by atoms with E-state index in [-0.39, 0.29) is 11.3 Å². The molecule has 0 amide bonds. The van der Waals surface area contributed by atoms with Crippen LogP contribution in [0, 0.1) is 0 Å². The normalized spacial score (nSPS) is 43.3. The van der Waals surface area contributed by atoms with Gasteiger partial charge in [-0.25, -0.2) is 9.59 Å². The van der Waals surface area contributed by atoms with E-state index in [9.17, 15) is 106 Å². The summed E-state index contributed by atoms with van der Waals surface area (Å²) < 4.78 is 74.3. The summed E-state index contributed by atoms with van der Waals surface area (Å²) in [6, 6.07) is 5.84. The number of phenols is 2. The van der Waals surface area contributed by atoms with E-state index >= 15 is 0 Å². The van der Waals surface area contributed by atoms with Gasteiger partial charge >= 0.3 is 11.9 Å². The lowest BCUT2D eigenvalue weighted by atomic mass is 9.96. The molecule has 28 atom stereocenters. The number of benzene rings is 2. The van der Waals surface area contributed by atoms with E-state index in [1.54, 1.807) is 0 Å². The maximum absolute atomic E-state index is 13.7. The number of aliphatic hydroxyl groups excluding tert-OH is 14. The van der Waals surface area contributed by atoms with E-state index in [4.69, 9.17) is 61.3 Å². The predicted molar refractivity (Wildman–Crippen MR) is 257 cm³/mol. The first-order chi connectivity index (χ1) is 39.1. The minimum atomic E-state index is -2.28. The molecule has 6 saturated heterocycles. The highest BCUT2D eigenvalue weighted by Gasteiger charge is 2.58. The number of aliphatic carboxylic acids is 2. The number of ether oxygens (including phenoxy) is 12. The molecule has 0 unspecified atom stereocenters. The molecule has 7 heterocycles. The zero-order valence-electron chi connectivity index (χ0n) is 43.1. The van der Waals surface area contributed by atoms with Crippen LogP contribution in [0.15, 0.2) is 45.6 Å². The van der Waals surface area contributed by atoms with Crippen molar-refractivity contribution in [3.63, 3.8) is 0 Å². The van der Waals surface area contributed by atoms with Crippen LogP contribution < -0.4 is 14.9 Å². The molecule has 0 saturated carbocycles. The van der Waals surface area contributed by atoms with Crippen molar-refractivity contribution in [1.29, 1.82) is 0 Å². The van der Waals surface area contributed by atoms with Crippen LogP contribution in [-0.4, -0.2) is 289 Å². The van der Waals surface area contributed by atoms with Gasteiger partial charge in [0.1, 0.15) is 126 Å².